The standard InChI is InChI=1S/C24H30N6/c1-7-19-8-2-10-21(26-24(29-15-5-16-29)30-17-6-18-30)22(19)20(9-1)25-23(27-11-3-12-27)28-13-4-14-28/h1-2,7-10H,3-6,11-18H2. The number of guanidine groups is 2. The fraction of sp³-hybridized carbons (Fsp3) is 0.500. The Morgan fingerprint density at radius 3 is 1.20 bits per heavy atom. The summed E-state index contributed by atoms with van der Waals surface area (Å²) < 4.78 is 0. The fourth-order valence-corrected chi connectivity index (χ4v) is 4.45. The van der Waals surface area contributed by atoms with Gasteiger partial charge in [-0.3, -0.25) is 0 Å². The van der Waals surface area contributed by atoms with Gasteiger partial charge in [-0.15, -0.1) is 0 Å². The lowest BCUT2D eigenvalue weighted by molar-refractivity contribution is 0.207. The highest BCUT2D eigenvalue weighted by Gasteiger charge is 2.29. The maximum Gasteiger partial charge on any atom is 0.201 e. The molecule has 4 aliphatic rings. The van der Waals surface area contributed by atoms with Crippen LogP contribution in [0.5, 0.6) is 0 Å². The molecule has 0 saturated carbocycles. The van der Waals surface area contributed by atoms with Crippen LogP contribution in [0.2, 0.25) is 0 Å². The first-order valence-corrected chi connectivity index (χ1v) is 11.6. The number of nitrogens with zero attached hydrogens (tertiary/aromatic N) is 6. The first kappa shape index (κ1) is 18.0. The van der Waals surface area contributed by atoms with Crippen molar-refractivity contribution in [3.05, 3.63) is 36.4 Å². The molecule has 156 valence electrons. The first-order chi connectivity index (χ1) is 14.9. The van der Waals surface area contributed by atoms with Gasteiger partial charge in [0.25, 0.3) is 0 Å². The molecule has 4 aliphatic heterocycles. The molecule has 0 atom stereocenters. The van der Waals surface area contributed by atoms with E-state index >= 15 is 0 Å². The summed E-state index contributed by atoms with van der Waals surface area (Å²) in [6.45, 7) is 8.99. The molecule has 6 heteroatoms. The second-order valence-electron chi connectivity index (χ2n) is 8.84. The maximum absolute atomic E-state index is 5.23. The molecule has 4 saturated heterocycles. The Bertz CT molecular complexity index is 887. The molecule has 0 bridgehead atoms. The molecular weight excluding hydrogens is 372 g/mol. The van der Waals surface area contributed by atoms with Gasteiger partial charge in [0.1, 0.15) is 0 Å². The smallest absolute Gasteiger partial charge is 0.201 e. The van der Waals surface area contributed by atoms with E-state index in [2.05, 4.69) is 56.0 Å². The van der Waals surface area contributed by atoms with E-state index in [-0.39, 0.29) is 0 Å². The van der Waals surface area contributed by atoms with Crippen molar-refractivity contribution < 1.29 is 0 Å². The average molecular weight is 403 g/mol. The van der Waals surface area contributed by atoms with Crippen LogP contribution in [0.1, 0.15) is 25.7 Å². The molecule has 0 amide bonds. The molecule has 0 spiro atoms. The van der Waals surface area contributed by atoms with E-state index in [0.29, 0.717) is 0 Å². The summed E-state index contributed by atoms with van der Waals surface area (Å²) in [5.74, 6) is 2.31. The molecule has 4 heterocycles. The van der Waals surface area contributed by atoms with Gasteiger partial charge < -0.3 is 19.6 Å². The topological polar surface area (TPSA) is 37.7 Å². The lowest BCUT2D eigenvalue weighted by Crippen LogP contribution is -2.54. The van der Waals surface area contributed by atoms with E-state index in [1.165, 1.54) is 36.5 Å². The predicted molar refractivity (Wildman–Crippen MR) is 123 cm³/mol. The van der Waals surface area contributed by atoms with Crippen LogP contribution in [0, 0.1) is 0 Å². The predicted octanol–water partition coefficient (Wildman–Crippen LogP) is 3.64. The van der Waals surface area contributed by atoms with Crippen molar-refractivity contribution in [1.29, 1.82) is 0 Å². The van der Waals surface area contributed by atoms with Gasteiger partial charge in [-0.25, -0.2) is 9.98 Å². The summed E-state index contributed by atoms with van der Waals surface area (Å²) in [7, 11) is 0. The van der Waals surface area contributed by atoms with Crippen molar-refractivity contribution in [1.82, 2.24) is 19.6 Å². The molecule has 30 heavy (non-hydrogen) atoms. The molecule has 2 aromatic carbocycles. The van der Waals surface area contributed by atoms with Crippen LogP contribution in [0.4, 0.5) is 11.4 Å². The number of hydrogen-bond donors (Lipinski definition) is 0. The molecule has 0 aromatic heterocycles. The monoisotopic (exact) mass is 402 g/mol. The first-order valence-electron chi connectivity index (χ1n) is 11.6. The van der Waals surface area contributed by atoms with Crippen molar-refractivity contribution in [2.75, 3.05) is 52.4 Å². The quantitative estimate of drug-likeness (QED) is 0.568. The van der Waals surface area contributed by atoms with Gasteiger partial charge in [-0.2, -0.15) is 0 Å². The fourth-order valence-electron chi connectivity index (χ4n) is 4.45. The van der Waals surface area contributed by atoms with E-state index in [1.54, 1.807) is 0 Å². The second kappa shape index (κ2) is 7.49. The van der Waals surface area contributed by atoms with Gasteiger partial charge in [0, 0.05) is 57.7 Å². The Kier molecular flexibility index (Phi) is 4.51. The van der Waals surface area contributed by atoms with Crippen LogP contribution in [-0.4, -0.2) is 83.9 Å². The Balaban J connectivity index is 1.45. The zero-order valence-electron chi connectivity index (χ0n) is 17.6. The Labute approximate surface area is 178 Å². The zero-order chi connectivity index (χ0) is 19.9. The molecule has 0 unspecified atom stereocenters. The van der Waals surface area contributed by atoms with Gasteiger partial charge in [-0.05, 0) is 43.2 Å². The maximum atomic E-state index is 5.23. The van der Waals surface area contributed by atoms with Crippen molar-refractivity contribution in [3.8, 4) is 0 Å². The lowest BCUT2D eigenvalue weighted by Gasteiger charge is -2.43. The normalized spacial score (nSPS) is 20.1. The number of benzene rings is 2. The number of likely N-dealkylation sites (tertiary alicyclic amines) is 4. The second-order valence-corrected chi connectivity index (χ2v) is 8.84. The van der Waals surface area contributed by atoms with Crippen LogP contribution in [-0.2, 0) is 0 Å². The van der Waals surface area contributed by atoms with Crippen molar-refractivity contribution in [3.63, 3.8) is 0 Å². The van der Waals surface area contributed by atoms with Crippen LogP contribution >= 0.6 is 0 Å². The SMILES string of the molecule is c1cc(N=C(N2CCC2)N2CCC2)c2c(N=C(N3CCC3)N3CCC3)cccc2c1. The highest BCUT2D eigenvalue weighted by atomic mass is 15.4. The summed E-state index contributed by atoms with van der Waals surface area (Å²) in [4.78, 5) is 20.2. The minimum atomic E-state index is 1.05. The average Bonchev–Trinajstić information content (AvgIpc) is 2.56. The Morgan fingerprint density at radius 1 is 0.533 bits per heavy atom. The van der Waals surface area contributed by atoms with Crippen molar-refractivity contribution in [2.24, 2.45) is 9.98 Å². The Morgan fingerprint density at radius 2 is 0.900 bits per heavy atom. The third-order valence-corrected chi connectivity index (χ3v) is 6.86. The number of hydrogen-bond acceptors (Lipinski definition) is 2. The summed E-state index contributed by atoms with van der Waals surface area (Å²) in [5.41, 5.74) is 2.10. The van der Waals surface area contributed by atoms with Crippen molar-refractivity contribution >= 4 is 34.1 Å². The molecule has 0 N–H and O–H groups in total. The highest BCUT2D eigenvalue weighted by molar-refractivity contribution is 6.04. The van der Waals surface area contributed by atoms with Crippen LogP contribution < -0.4 is 0 Å². The molecule has 2 aromatic rings. The van der Waals surface area contributed by atoms with Gasteiger partial charge in [-0.1, -0.05) is 24.3 Å². The largest absolute Gasteiger partial charge is 0.342 e. The van der Waals surface area contributed by atoms with Gasteiger partial charge >= 0.3 is 0 Å². The molecular formula is C24H30N6. The summed E-state index contributed by atoms with van der Waals surface area (Å²) in [5, 5.41) is 2.40. The summed E-state index contributed by atoms with van der Waals surface area (Å²) in [6.07, 6.45) is 5.08. The summed E-state index contributed by atoms with van der Waals surface area (Å²) >= 11 is 0. The molecule has 0 aliphatic carbocycles. The number of rotatable bonds is 2. The minimum Gasteiger partial charge on any atom is -0.342 e. The van der Waals surface area contributed by atoms with E-state index in [9.17, 15) is 0 Å². The Hall–Kier alpha value is -2.76. The molecule has 6 nitrogen and oxygen atoms in total. The van der Waals surface area contributed by atoms with Gasteiger partial charge in [0.15, 0.2) is 0 Å². The van der Waals surface area contributed by atoms with E-state index in [0.717, 1.165) is 75.7 Å². The van der Waals surface area contributed by atoms with Crippen LogP contribution in [0.3, 0.4) is 0 Å². The number of fused-ring (bicyclic) bond motifs is 1. The van der Waals surface area contributed by atoms with Gasteiger partial charge in [0.2, 0.25) is 11.9 Å². The third-order valence-electron chi connectivity index (χ3n) is 6.86. The van der Waals surface area contributed by atoms with E-state index in [4.69, 9.17) is 9.98 Å². The van der Waals surface area contributed by atoms with E-state index in [1.807, 2.05) is 0 Å². The van der Waals surface area contributed by atoms with Crippen LogP contribution in [0.25, 0.3) is 10.8 Å². The highest BCUT2D eigenvalue weighted by Crippen LogP contribution is 2.36. The van der Waals surface area contributed by atoms with E-state index < -0.39 is 0 Å². The zero-order valence-corrected chi connectivity index (χ0v) is 17.6. The molecule has 4 fully saturated rings. The lowest BCUT2D eigenvalue weighted by atomic mass is 10.1. The minimum absolute atomic E-state index is 1.05. The third kappa shape index (κ3) is 3.09. The molecule has 0 radical (unpaired) electrons. The van der Waals surface area contributed by atoms with Crippen LogP contribution in [0.15, 0.2) is 46.4 Å². The number of aliphatic imine (C=N–C) groups is 2. The van der Waals surface area contributed by atoms with Crippen molar-refractivity contribution in [2.45, 2.75) is 25.7 Å². The summed E-state index contributed by atoms with van der Waals surface area (Å²) in [6, 6.07) is 13.0. The van der Waals surface area contributed by atoms with Gasteiger partial charge in [0.05, 0.1) is 11.4 Å². The molecule has 6 rings (SSSR count).